The normalized spacial score (nSPS) is 10.2. The molecular formula is C27H19BrF2N2O6. The molecule has 0 bridgehead atoms. The molecule has 8 nitrogen and oxygen atoms in total. The zero-order valence-corrected chi connectivity index (χ0v) is 21.3. The van der Waals surface area contributed by atoms with E-state index >= 15 is 0 Å². The summed E-state index contributed by atoms with van der Waals surface area (Å²) in [6, 6.07) is 13.2. The minimum absolute atomic E-state index is 0.0961. The lowest BCUT2D eigenvalue weighted by atomic mass is 10.2. The summed E-state index contributed by atoms with van der Waals surface area (Å²) in [5, 5.41) is 8.99. The van der Waals surface area contributed by atoms with Crippen LogP contribution in [0.5, 0.6) is 0 Å². The van der Waals surface area contributed by atoms with Gasteiger partial charge in [0.05, 0.1) is 7.11 Å². The third-order valence-corrected chi connectivity index (χ3v) is 5.54. The molecule has 4 rings (SSSR count). The molecule has 0 fully saturated rings. The summed E-state index contributed by atoms with van der Waals surface area (Å²) < 4.78 is 33.2. The van der Waals surface area contributed by atoms with E-state index in [2.05, 4.69) is 27.2 Å². The van der Waals surface area contributed by atoms with Gasteiger partial charge >= 0.3 is 11.9 Å². The molecule has 194 valence electrons. The zero-order chi connectivity index (χ0) is 28.0. The molecule has 0 atom stereocenters. The van der Waals surface area contributed by atoms with Gasteiger partial charge in [0.1, 0.15) is 22.8 Å². The SMILES string of the molecule is C=Cc1cc(C(=O)O)c(=O)n(-c2ccc(F)cc2)c1.COC(=O)c1cc(Br)cn(-c2ccc(F)cc2)c1=O. The summed E-state index contributed by atoms with van der Waals surface area (Å²) in [6.45, 7) is 3.54. The predicted molar refractivity (Wildman–Crippen MR) is 140 cm³/mol. The molecule has 0 amide bonds. The summed E-state index contributed by atoms with van der Waals surface area (Å²) in [7, 11) is 1.20. The van der Waals surface area contributed by atoms with Crippen molar-refractivity contribution in [1.82, 2.24) is 9.13 Å². The van der Waals surface area contributed by atoms with Crippen molar-refractivity contribution in [3.05, 3.63) is 133 Å². The van der Waals surface area contributed by atoms with Crippen molar-refractivity contribution in [3.8, 4) is 11.4 Å². The maximum atomic E-state index is 12.9. The Hall–Kier alpha value is -4.64. The minimum atomic E-state index is -1.32. The first kappa shape index (κ1) is 27.9. The maximum Gasteiger partial charge on any atom is 0.343 e. The Bertz CT molecular complexity index is 1630. The van der Waals surface area contributed by atoms with Crippen molar-refractivity contribution in [1.29, 1.82) is 0 Å². The van der Waals surface area contributed by atoms with Crippen molar-refractivity contribution >= 4 is 33.9 Å². The van der Waals surface area contributed by atoms with E-state index in [0.717, 1.165) is 4.57 Å². The number of carboxylic acids is 1. The van der Waals surface area contributed by atoms with E-state index in [0.29, 0.717) is 21.4 Å². The van der Waals surface area contributed by atoms with Crippen LogP contribution in [0.25, 0.3) is 17.5 Å². The van der Waals surface area contributed by atoms with Gasteiger partial charge < -0.3 is 9.84 Å². The molecule has 0 aliphatic rings. The standard InChI is InChI=1S/C14H10FNO3.C13H9BrFNO3/c1-2-9-7-12(14(18)19)13(17)16(8-9)11-5-3-10(15)4-6-11;1-19-13(18)11-6-8(14)7-16(12(11)17)10-4-2-9(15)3-5-10/h2-8H,1H2,(H,18,19);2-7H,1H3. The average Bonchev–Trinajstić information content (AvgIpc) is 2.91. The second-order valence-corrected chi connectivity index (χ2v) is 8.48. The number of carbonyl (C=O) groups is 2. The molecule has 4 aromatic rings. The molecule has 0 radical (unpaired) electrons. The molecule has 2 aromatic heterocycles. The number of rotatable bonds is 5. The van der Waals surface area contributed by atoms with Gasteiger partial charge in [0, 0.05) is 28.2 Å². The number of pyridine rings is 2. The second-order valence-electron chi connectivity index (χ2n) is 7.56. The number of hydrogen-bond donors (Lipinski definition) is 1. The Balaban J connectivity index is 0.000000211. The summed E-state index contributed by atoms with van der Waals surface area (Å²) >= 11 is 3.21. The van der Waals surface area contributed by atoms with Gasteiger partial charge in [-0.15, -0.1) is 0 Å². The molecule has 0 aliphatic carbocycles. The number of carboxylic acid groups (broad SMARTS) is 1. The van der Waals surface area contributed by atoms with Crippen LogP contribution in [-0.4, -0.2) is 33.3 Å². The number of esters is 1. The fourth-order valence-corrected chi connectivity index (χ4v) is 3.69. The third-order valence-electron chi connectivity index (χ3n) is 5.10. The zero-order valence-electron chi connectivity index (χ0n) is 19.7. The predicted octanol–water partition coefficient (Wildman–Crippen LogP) is 4.84. The minimum Gasteiger partial charge on any atom is -0.477 e. The molecule has 0 saturated carbocycles. The fraction of sp³-hybridized carbons (Fsp3) is 0.0370. The van der Waals surface area contributed by atoms with Gasteiger partial charge in [-0.3, -0.25) is 18.7 Å². The molecule has 2 heterocycles. The monoisotopic (exact) mass is 584 g/mol. The lowest BCUT2D eigenvalue weighted by Gasteiger charge is -2.08. The summed E-state index contributed by atoms with van der Waals surface area (Å²) in [6.07, 6.45) is 4.39. The summed E-state index contributed by atoms with van der Waals surface area (Å²) in [5.41, 5.74) is -0.328. The van der Waals surface area contributed by atoms with Gasteiger partial charge in [0.15, 0.2) is 0 Å². The molecule has 38 heavy (non-hydrogen) atoms. The van der Waals surface area contributed by atoms with Gasteiger partial charge in [-0.05, 0) is 82.2 Å². The van der Waals surface area contributed by atoms with Crippen LogP contribution in [0.15, 0.2) is 93.7 Å². The van der Waals surface area contributed by atoms with E-state index in [-0.39, 0.29) is 11.1 Å². The highest BCUT2D eigenvalue weighted by Gasteiger charge is 2.15. The number of benzene rings is 2. The number of nitrogens with zero attached hydrogens (tertiary/aromatic N) is 2. The molecule has 0 saturated heterocycles. The highest BCUT2D eigenvalue weighted by molar-refractivity contribution is 9.10. The summed E-state index contributed by atoms with van der Waals surface area (Å²) in [5.74, 6) is -2.87. The number of carbonyl (C=O) groups excluding carboxylic acids is 1. The molecule has 11 heteroatoms. The lowest BCUT2D eigenvalue weighted by Crippen LogP contribution is -2.25. The lowest BCUT2D eigenvalue weighted by molar-refractivity contribution is 0.0597. The molecule has 0 unspecified atom stereocenters. The number of halogens is 3. The quantitative estimate of drug-likeness (QED) is 0.336. The van der Waals surface area contributed by atoms with Crippen LogP contribution in [0, 0.1) is 11.6 Å². The van der Waals surface area contributed by atoms with E-state index in [1.54, 1.807) is 0 Å². The van der Waals surface area contributed by atoms with Crippen molar-refractivity contribution in [3.63, 3.8) is 0 Å². The van der Waals surface area contributed by atoms with E-state index in [1.165, 1.54) is 90.8 Å². The van der Waals surface area contributed by atoms with Gasteiger partial charge in [-0.2, -0.15) is 0 Å². The van der Waals surface area contributed by atoms with Gasteiger partial charge in [-0.1, -0.05) is 12.7 Å². The molecule has 0 aliphatic heterocycles. The Labute approximate surface area is 222 Å². The molecule has 0 spiro atoms. The van der Waals surface area contributed by atoms with Crippen LogP contribution >= 0.6 is 15.9 Å². The van der Waals surface area contributed by atoms with Gasteiger partial charge in [-0.25, -0.2) is 18.4 Å². The third kappa shape index (κ3) is 6.37. The van der Waals surface area contributed by atoms with Crippen molar-refractivity contribution < 1.29 is 28.2 Å². The van der Waals surface area contributed by atoms with Gasteiger partial charge in [0.25, 0.3) is 11.1 Å². The van der Waals surface area contributed by atoms with Crippen molar-refractivity contribution in [2.24, 2.45) is 0 Å². The van der Waals surface area contributed by atoms with E-state index in [4.69, 9.17) is 5.11 Å². The Kier molecular flexibility index (Phi) is 8.87. The highest BCUT2D eigenvalue weighted by Crippen LogP contribution is 2.14. The number of ether oxygens (including phenoxy) is 1. The van der Waals surface area contributed by atoms with Crippen LogP contribution in [0.2, 0.25) is 0 Å². The van der Waals surface area contributed by atoms with Crippen LogP contribution < -0.4 is 11.1 Å². The van der Waals surface area contributed by atoms with Crippen LogP contribution in [-0.2, 0) is 4.74 Å². The Morgan fingerprint density at radius 3 is 1.79 bits per heavy atom. The first-order chi connectivity index (χ1) is 18.0. The fourth-order valence-electron chi connectivity index (χ4n) is 3.26. The number of aromatic nitrogens is 2. The second kappa shape index (κ2) is 12.1. The van der Waals surface area contributed by atoms with Crippen molar-refractivity contribution in [2.75, 3.05) is 7.11 Å². The molecule has 1 N–H and O–H groups in total. The van der Waals surface area contributed by atoms with E-state index in [1.807, 2.05) is 0 Å². The van der Waals surface area contributed by atoms with Crippen molar-refractivity contribution in [2.45, 2.75) is 0 Å². The first-order valence-corrected chi connectivity index (χ1v) is 11.5. The Morgan fingerprint density at radius 2 is 1.34 bits per heavy atom. The number of hydrogen-bond acceptors (Lipinski definition) is 5. The number of methoxy groups -OCH3 is 1. The van der Waals surface area contributed by atoms with Crippen LogP contribution in [0.1, 0.15) is 26.3 Å². The van der Waals surface area contributed by atoms with E-state index in [9.17, 15) is 28.0 Å². The van der Waals surface area contributed by atoms with Crippen LogP contribution in [0.3, 0.4) is 0 Å². The highest BCUT2D eigenvalue weighted by atomic mass is 79.9. The summed E-state index contributed by atoms with van der Waals surface area (Å²) in [4.78, 5) is 46.7. The maximum absolute atomic E-state index is 12.9. The average molecular weight is 585 g/mol. The topological polar surface area (TPSA) is 108 Å². The van der Waals surface area contributed by atoms with Crippen LogP contribution in [0.4, 0.5) is 8.78 Å². The Morgan fingerprint density at radius 1 is 0.868 bits per heavy atom. The molecular weight excluding hydrogens is 566 g/mol. The largest absolute Gasteiger partial charge is 0.477 e. The molecule has 2 aromatic carbocycles. The smallest absolute Gasteiger partial charge is 0.343 e. The van der Waals surface area contributed by atoms with Gasteiger partial charge in [0.2, 0.25) is 0 Å². The number of aromatic carboxylic acids is 1. The first-order valence-electron chi connectivity index (χ1n) is 10.7. The van der Waals surface area contributed by atoms with E-state index < -0.39 is 34.7 Å².